The zero-order chi connectivity index (χ0) is 47.4. The monoisotopic (exact) mass is 944 g/mol. The third kappa shape index (κ3) is 53.8. The quantitative estimate of drug-likeness (QED) is 0.0312. The summed E-state index contributed by atoms with van der Waals surface area (Å²) in [7, 11) is -4.42. The number of amides is 1. The van der Waals surface area contributed by atoms with Gasteiger partial charge in [-0.2, -0.15) is 0 Å². The zero-order valence-corrected chi connectivity index (χ0v) is 44.1. The van der Waals surface area contributed by atoms with E-state index in [2.05, 4.69) is 19.2 Å². The highest BCUT2D eigenvalue weighted by Gasteiger charge is 2.23. The average molecular weight is 944 g/mol. The molecule has 0 radical (unpaired) electrons. The van der Waals surface area contributed by atoms with Gasteiger partial charge in [-0.1, -0.05) is 284 Å². The van der Waals surface area contributed by atoms with Crippen molar-refractivity contribution >= 4 is 19.7 Å². The Balaban J connectivity index is 3.47. The van der Waals surface area contributed by atoms with E-state index in [4.69, 9.17) is 13.8 Å². The summed E-state index contributed by atoms with van der Waals surface area (Å²) in [4.78, 5) is 34.2. The van der Waals surface area contributed by atoms with Crippen LogP contribution in [0, 0.1) is 0 Å². The maximum Gasteiger partial charge on any atom is 0.472 e. The second-order valence-corrected chi connectivity index (χ2v) is 21.1. The number of ether oxygens (including phenoxy) is 1. The molecule has 0 aliphatic rings. The summed E-state index contributed by atoms with van der Waals surface area (Å²) in [5, 5.41) is 12.8. The maximum absolute atomic E-state index is 12.2. The lowest BCUT2D eigenvalue weighted by molar-refractivity contribution is -0.147. The SMILES string of the molecule is CCCCCCCCCCCCCCCCCCCCCCCCCC(=O)OCC(O)COP(=O)(O)OCCNC(=O)CCCCCCCCCCCCCCCCCCCCCCC. The summed E-state index contributed by atoms with van der Waals surface area (Å²) in [6.45, 7) is 3.64. The second kappa shape index (κ2) is 52.4. The molecule has 0 aromatic carbocycles. The minimum atomic E-state index is -4.42. The van der Waals surface area contributed by atoms with Gasteiger partial charge in [-0.15, -0.1) is 0 Å². The Kier molecular flexibility index (Phi) is 51.6. The van der Waals surface area contributed by atoms with E-state index in [1.54, 1.807) is 0 Å². The van der Waals surface area contributed by atoms with E-state index < -0.39 is 26.5 Å². The van der Waals surface area contributed by atoms with Gasteiger partial charge in [-0.05, 0) is 12.8 Å². The Morgan fingerprint density at radius 1 is 0.415 bits per heavy atom. The normalized spacial score (nSPS) is 13.0. The van der Waals surface area contributed by atoms with Gasteiger partial charge in [0.2, 0.25) is 5.91 Å². The minimum absolute atomic E-state index is 0.0890. The number of aliphatic hydroxyl groups is 1. The number of rotatable bonds is 55. The molecule has 2 unspecified atom stereocenters. The van der Waals surface area contributed by atoms with Crippen LogP contribution in [0.5, 0.6) is 0 Å². The van der Waals surface area contributed by atoms with Crippen molar-refractivity contribution in [2.24, 2.45) is 0 Å². The number of aliphatic hydroxyl groups excluding tert-OH is 1. The van der Waals surface area contributed by atoms with Crippen molar-refractivity contribution in [3.63, 3.8) is 0 Å². The van der Waals surface area contributed by atoms with Crippen molar-refractivity contribution < 1.29 is 37.9 Å². The second-order valence-electron chi connectivity index (χ2n) is 19.6. The molecule has 65 heavy (non-hydrogen) atoms. The van der Waals surface area contributed by atoms with E-state index in [0.29, 0.717) is 12.8 Å². The number of esters is 1. The van der Waals surface area contributed by atoms with Crippen molar-refractivity contribution in [3.8, 4) is 0 Å². The number of phosphoric ester groups is 1. The van der Waals surface area contributed by atoms with Crippen molar-refractivity contribution in [2.45, 2.75) is 315 Å². The first-order valence-corrected chi connectivity index (χ1v) is 30.0. The zero-order valence-electron chi connectivity index (χ0n) is 43.2. The molecule has 0 saturated heterocycles. The number of nitrogens with one attached hydrogen (secondary N) is 1. The fourth-order valence-electron chi connectivity index (χ4n) is 8.74. The Morgan fingerprint density at radius 3 is 1.00 bits per heavy atom. The van der Waals surface area contributed by atoms with Crippen LogP contribution in [0.4, 0.5) is 0 Å². The molecule has 9 nitrogen and oxygen atoms in total. The third-order valence-electron chi connectivity index (χ3n) is 13.0. The molecule has 0 spiro atoms. The summed E-state index contributed by atoms with van der Waals surface area (Å²) in [5.41, 5.74) is 0. The summed E-state index contributed by atoms with van der Waals surface area (Å²) in [6, 6.07) is 0. The molecule has 0 aromatic rings. The van der Waals surface area contributed by atoms with E-state index in [0.717, 1.165) is 38.5 Å². The van der Waals surface area contributed by atoms with E-state index in [1.807, 2.05) is 0 Å². The molecule has 0 heterocycles. The fraction of sp³-hybridized carbons (Fsp3) is 0.964. The molecule has 3 N–H and O–H groups in total. The molecular weight excluding hydrogens is 834 g/mol. The van der Waals surface area contributed by atoms with Gasteiger partial charge in [-0.3, -0.25) is 18.6 Å². The molecule has 0 aliphatic carbocycles. The minimum Gasteiger partial charge on any atom is -0.463 e. The first-order valence-electron chi connectivity index (χ1n) is 28.5. The predicted octanol–water partition coefficient (Wildman–Crippen LogP) is 17.1. The topological polar surface area (TPSA) is 131 Å². The Labute approximate surface area is 403 Å². The van der Waals surface area contributed by atoms with Gasteiger partial charge < -0.3 is 20.1 Å². The molecular formula is C55H110NO8P. The van der Waals surface area contributed by atoms with E-state index in [9.17, 15) is 24.2 Å². The lowest BCUT2D eigenvalue weighted by Gasteiger charge is -2.15. The van der Waals surface area contributed by atoms with Gasteiger partial charge in [0.25, 0.3) is 0 Å². The molecule has 2 atom stereocenters. The standard InChI is InChI=1S/C55H110NO8P/c1-3-5-7-9-11-13-15-17-19-21-23-25-26-28-30-32-34-36-38-40-42-44-46-48-55(59)62-51-53(57)52-64-65(60,61)63-50-49-56-54(58)47-45-43-41-39-37-35-33-31-29-27-24-22-20-18-16-14-12-10-8-6-4-2/h53,57H,3-52H2,1-2H3,(H,56,58)(H,60,61). The summed E-state index contributed by atoms with van der Waals surface area (Å²) in [5.74, 6) is -0.495. The smallest absolute Gasteiger partial charge is 0.463 e. The number of unbranched alkanes of at least 4 members (excludes halogenated alkanes) is 42. The van der Waals surface area contributed by atoms with Crippen molar-refractivity contribution in [3.05, 3.63) is 0 Å². The van der Waals surface area contributed by atoms with Gasteiger partial charge in [0.1, 0.15) is 12.7 Å². The molecule has 1 amide bonds. The first kappa shape index (κ1) is 64.0. The summed E-state index contributed by atoms with van der Waals surface area (Å²) < 4.78 is 27.1. The molecule has 388 valence electrons. The van der Waals surface area contributed by atoms with Crippen LogP contribution in [0.1, 0.15) is 309 Å². The van der Waals surface area contributed by atoms with Crippen molar-refractivity contribution in [1.82, 2.24) is 5.32 Å². The molecule has 0 aliphatic heterocycles. The predicted molar refractivity (Wildman–Crippen MR) is 275 cm³/mol. The lowest BCUT2D eigenvalue weighted by Crippen LogP contribution is -2.27. The van der Waals surface area contributed by atoms with Gasteiger partial charge in [0.15, 0.2) is 0 Å². The van der Waals surface area contributed by atoms with Crippen molar-refractivity contribution in [2.75, 3.05) is 26.4 Å². The van der Waals surface area contributed by atoms with Crippen LogP contribution < -0.4 is 5.32 Å². The highest BCUT2D eigenvalue weighted by atomic mass is 31.2. The molecule has 10 heteroatoms. The Hall–Kier alpha value is -0.990. The molecule has 0 rings (SSSR count). The Morgan fingerprint density at radius 2 is 0.692 bits per heavy atom. The van der Waals surface area contributed by atoms with Crippen LogP contribution in [0.25, 0.3) is 0 Å². The number of phosphoric acid groups is 1. The van der Waals surface area contributed by atoms with Gasteiger partial charge in [0, 0.05) is 19.4 Å². The molecule has 0 saturated carbocycles. The number of hydrogen-bond acceptors (Lipinski definition) is 7. The van der Waals surface area contributed by atoms with Gasteiger partial charge >= 0.3 is 13.8 Å². The van der Waals surface area contributed by atoms with E-state index in [-0.39, 0.29) is 25.7 Å². The number of carbonyl (C=O) groups is 2. The third-order valence-corrected chi connectivity index (χ3v) is 14.0. The molecule has 0 aromatic heterocycles. The van der Waals surface area contributed by atoms with Gasteiger partial charge in [-0.25, -0.2) is 4.57 Å². The first-order chi connectivity index (χ1) is 31.8. The van der Waals surface area contributed by atoms with Crippen LogP contribution in [0.2, 0.25) is 0 Å². The highest BCUT2D eigenvalue weighted by Crippen LogP contribution is 2.43. The highest BCUT2D eigenvalue weighted by molar-refractivity contribution is 7.47. The largest absolute Gasteiger partial charge is 0.472 e. The van der Waals surface area contributed by atoms with Crippen LogP contribution in [-0.2, 0) is 27.9 Å². The van der Waals surface area contributed by atoms with Crippen LogP contribution in [-0.4, -0.2) is 54.3 Å². The van der Waals surface area contributed by atoms with Crippen molar-refractivity contribution in [1.29, 1.82) is 0 Å². The Bertz CT molecular complexity index is 1030. The summed E-state index contributed by atoms with van der Waals surface area (Å²) >= 11 is 0. The van der Waals surface area contributed by atoms with E-state index >= 15 is 0 Å². The average Bonchev–Trinajstić information content (AvgIpc) is 3.29. The maximum atomic E-state index is 12.2. The molecule has 0 fully saturated rings. The lowest BCUT2D eigenvalue weighted by atomic mass is 10.0. The van der Waals surface area contributed by atoms with Gasteiger partial charge in [0.05, 0.1) is 13.2 Å². The fourth-order valence-corrected chi connectivity index (χ4v) is 9.50. The number of hydrogen-bond donors (Lipinski definition) is 3. The van der Waals surface area contributed by atoms with Crippen LogP contribution >= 0.6 is 7.82 Å². The van der Waals surface area contributed by atoms with Crippen LogP contribution in [0.3, 0.4) is 0 Å². The number of carbonyl (C=O) groups excluding carboxylic acids is 2. The molecule has 0 bridgehead atoms. The van der Waals surface area contributed by atoms with Crippen LogP contribution in [0.15, 0.2) is 0 Å². The summed E-state index contributed by atoms with van der Waals surface area (Å²) in [6.07, 6.45) is 57.7. The van der Waals surface area contributed by atoms with E-state index in [1.165, 1.54) is 244 Å².